The Labute approximate surface area is 62.5 Å². The number of unbranched alkanes of at least 4 members (excludes halogenated alkanes) is 1. The van der Waals surface area contributed by atoms with Crippen molar-refractivity contribution in [2.75, 3.05) is 6.61 Å². The molecule has 0 radical (unpaired) electrons. The molecule has 0 rings (SSSR count). The summed E-state index contributed by atoms with van der Waals surface area (Å²) in [6.07, 6.45) is 2.09. The van der Waals surface area contributed by atoms with E-state index in [1.54, 1.807) is 0 Å². The molecule has 2 heteroatoms. The molecule has 0 aliphatic rings. The van der Waals surface area contributed by atoms with Crippen molar-refractivity contribution in [3.63, 3.8) is 0 Å². The lowest BCUT2D eigenvalue weighted by Crippen LogP contribution is -1.95. The van der Waals surface area contributed by atoms with Crippen molar-refractivity contribution in [1.82, 2.24) is 0 Å². The second-order valence-electron chi connectivity index (χ2n) is 2.51. The van der Waals surface area contributed by atoms with Gasteiger partial charge in [-0.25, -0.2) is 0 Å². The first-order valence-electron chi connectivity index (χ1n) is 3.67. The van der Waals surface area contributed by atoms with Gasteiger partial charge in [0.05, 0.1) is 6.61 Å². The number of aliphatic hydroxyl groups is 1. The molecule has 0 amide bonds. The maximum atomic E-state index is 9.01. The Hall–Kier alpha value is -0.660. The molecule has 0 aliphatic heterocycles. The van der Waals surface area contributed by atoms with Crippen LogP contribution in [0.4, 0.5) is 0 Å². The monoisotopic (exact) mass is 144 g/mol. The molecule has 0 bridgehead atoms. The van der Waals surface area contributed by atoms with Gasteiger partial charge in [0.1, 0.15) is 0 Å². The zero-order chi connectivity index (χ0) is 7.98. The molecule has 0 aromatic heterocycles. The third-order valence-corrected chi connectivity index (χ3v) is 1.16. The van der Waals surface area contributed by atoms with Gasteiger partial charge in [0.15, 0.2) is 0 Å². The molecule has 0 aromatic carbocycles. The third kappa shape index (κ3) is 4.24. The van der Waals surface area contributed by atoms with Crippen LogP contribution in [0.1, 0.15) is 33.6 Å². The maximum Gasteiger partial charge on any atom is 0.275 e. The predicted molar refractivity (Wildman–Crippen MR) is 41.9 cm³/mol. The smallest absolute Gasteiger partial charge is 0.275 e. The minimum atomic E-state index is 0.0773. The molecule has 1 N–H and O–H groups in total. The molecular formula is C8H16O2. The Morgan fingerprint density at radius 2 is 2.00 bits per heavy atom. The van der Waals surface area contributed by atoms with Crippen LogP contribution in [-0.4, -0.2) is 11.7 Å². The van der Waals surface area contributed by atoms with Gasteiger partial charge in [-0.2, -0.15) is 0 Å². The number of hydrogen-bond donors (Lipinski definition) is 1. The summed E-state index contributed by atoms with van der Waals surface area (Å²) in [6.45, 7) is 6.35. The zero-order valence-corrected chi connectivity index (χ0v) is 6.98. The van der Waals surface area contributed by atoms with Crippen LogP contribution in [0.25, 0.3) is 0 Å². The van der Waals surface area contributed by atoms with Crippen molar-refractivity contribution in [2.45, 2.75) is 33.6 Å². The third-order valence-electron chi connectivity index (χ3n) is 1.16. The van der Waals surface area contributed by atoms with Crippen molar-refractivity contribution in [3.05, 3.63) is 11.5 Å². The maximum absolute atomic E-state index is 9.01. The first-order valence-corrected chi connectivity index (χ1v) is 3.67. The number of rotatable bonds is 4. The van der Waals surface area contributed by atoms with E-state index in [4.69, 9.17) is 9.84 Å². The molecule has 60 valence electrons. The zero-order valence-electron chi connectivity index (χ0n) is 6.98. The number of aliphatic hydroxyl groups excluding tert-OH is 1. The fourth-order valence-corrected chi connectivity index (χ4v) is 0.458. The Bertz CT molecular complexity index is 112. The van der Waals surface area contributed by atoms with Crippen LogP contribution in [0, 0.1) is 0 Å². The molecule has 0 saturated heterocycles. The standard InChI is InChI=1S/C8H16O2/c1-4-5-6-10-8(9)7(2)3/h9H,4-6H2,1-3H3. The van der Waals surface area contributed by atoms with Gasteiger partial charge < -0.3 is 9.84 Å². The Kier molecular flexibility index (Phi) is 4.81. The summed E-state index contributed by atoms with van der Waals surface area (Å²) in [6, 6.07) is 0. The summed E-state index contributed by atoms with van der Waals surface area (Å²) in [5, 5.41) is 9.01. The summed E-state index contributed by atoms with van der Waals surface area (Å²) in [5.74, 6) is 0.0773. The van der Waals surface area contributed by atoms with Crippen LogP contribution in [0.15, 0.2) is 11.5 Å². The van der Waals surface area contributed by atoms with E-state index in [0.29, 0.717) is 6.61 Å². The van der Waals surface area contributed by atoms with Crippen LogP contribution in [-0.2, 0) is 4.74 Å². The van der Waals surface area contributed by atoms with Crippen LogP contribution >= 0.6 is 0 Å². The molecule has 0 fully saturated rings. The van der Waals surface area contributed by atoms with Gasteiger partial charge in [0.25, 0.3) is 5.95 Å². The van der Waals surface area contributed by atoms with E-state index in [0.717, 1.165) is 18.4 Å². The lowest BCUT2D eigenvalue weighted by atomic mass is 10.3. The van der Waals surface area contributed by atoms with E-state index in [-0.39, 0.29) is 5.95 Å². The summed E-state index contributed by atoms with van der Waals surface area (Å²) in [7, 11) is 0. The topological polar surface area (TPSA) is 29.5 Å². The molecular weight excluding hydrogens is 128 g/mol. The van der Waals surface area contributed by atoms with Crippen molar-refractivity contribution in [2.24, 2.45) is 0 Å². The van der Waals surface area contributed by atoms with Gasteiger partial charge in [0, 0.05) is 5.57 Å². The van der Waals surface area contributed by atoms with Crippen LogP contribution in [0.2, 0.25) is 0 Å². The van der Waals surface area contributed by atoms with Gasteiger partial charge in [-0.05, 0) is 20.3 Å². The highest BCUT2D eigenvalue weighted by molar-refractivity contribution is 4.93. The lowest BCUT2D eigenvalue weighted by Gasteiger charge is -2.03. The largest absolute Gasteiger partial charge is 0.481 e. The fourth-order valence-electron chi connectivity index (χ4n) is 0.458. The molecule has 0 atom stereocenters. The Morgan fingerprint density at radius 3 is 2.40 bits per heavy atom. The van der Waals surface area contributed by atoms with Crippen molar-refractivity contribution in [3.8, 4) is 0 Å². The van der Waals surface area contributed by atoms with Gasteiger partial charge in [-0.1, -0.05) is 13.3 Å². The highest BCUT2D eigenvalue weighted by Gasteiger charge is 1.94. The Morgan fingerprint density at radius 1 is 1.40 bits per heavy atom. The number of allylic oxidation sites excluding steroid dienone is 1. The second kappa shape index (κ2) is 5.15. The summed E-state index contributed by atoms with van der Waals surface area (Å²) < 4.78 is 4.98. The van der Waals surface area contributed by atoms with E-state index in [2.05, 4.69) is 6.92 Å². The summed E-state index contributed by atoms with van der Waals surface area (Å²) >= 11 is 0. The van der Waals surface area contributed by atoms with Gasteiger partial charge in [-0.3, -0.25) is 0 Å². The van der Waals surface area contributed by atoms with Crippen molar-refractivity contribution in [1.29, 1.82) is 0 Å². The predicted octanol–water partition coefficient (Wildman–Crippen LogP) is 2.61. The summed E-state index contributed by atoms with van der Waals surface area (Å²) in [5.41, 5.74) is 0.830. The molecule has 2 nitrogen and oxygen atoms in total. The van der Waals surface area contributed by atoms with Gasteiger partial charge in [-0.15, -0.1) is 0 Å². The molecule has 0 spiro atoms. The first kappa shape index (κ1) is 9.34. The van der Waals surface area contributed by atoms with Crippen molar-refractivity contribution < 1.29 is 9.84 Å². The molecule has 0 heterocycles. The lowest BCUT2D eigenvalue weighted by molar-refractivity contribution is 0.0873. The van der Waals surface area contributed by atoms with E-state index < -0.39 is 0 Å². The SMILES string of the molecule is CCCCOC(O)=C(C)C. The van der Waals surface area contributed by atoms with E-state index in [1.807, 2.05) is 13.8 Å². The van der Waals surface area contributed by atoms with Crippen LogP contribution in [0.3, 0.4) is 0 Å². The van der Waals surface area contributed by atoms with E-state index in [1.165, 1.54) is 0 Å². The molecule has 10 heavy (non-hydrogen) atoms. The molecule has 0 saturated carbocycles. The van der Waals surface area contributed by atoms with E-state index in [9.17, 15) is 0 Å². The molecule has 0 aliphatic carbocycles. The Balaban J connectivity index is 3.40. The molecule has 0 unspecified atom stereocenters. The highest BCUT2D eigenvalue weighted by atomic mass is 16.6. The van der Waals surface area contributed by atoms with Gasteiger partial charge >= 0.3 is 0 Å². The quantitative estimate of drug-likeness (QED) is 0.485. The number of hydrogen-bond acceptors (Lipinski definition) is 2. The second-order valence-corrected chi connectivity index (χ2v) is 2.51. The fraction of sp³-hybridized carbons (Fsp3) is 0.750. The van der Waals surface area contributed by atoms with Crippen LogP contribution < -0.4 is 0 Å². The van der Waals surface area contributed by atoms with Crippen LogP contribution in [0.5, 0.6) is 0 Å². The average Bonchev–Trinajstić information content (AvgIpc) is 1.88. The highest BCUT2D eigenvalue weighted by Crippen LogP contribution is 2.01. The number of ether oxygens (including phenoxy) is 1. The average molecular weight is 144 g/mol. The summed E-state index contributed by atoms with van der Waals surface area (Å²) in [4.78, 5) is 0. The first-order chi connectivity index (χ1) is 4.68. The van der Waals surface area contributed by atoms with E-state index >= 15 is 0 Å². The minimum absolute atomic E-state index is 0.0773. The van der Waals surface area contributed by atoms with Crippen molar-refractivity contribution >= 4 is 0 Å². The minimum Gasteiger partial charge on any atom is -0.481 e. The molecule has 0 aromatic rings. The van der Waals surface area contributed by atoms with Gasteiger partial charge in [0.2, 0.25) is 0 Å². The normalized spacial score (nSPS) is 9.10.